The fourth-order valence-electron chi connectivity index (χ4n) is 8.30. The molecule has 5 N–H and O–H groups in total. The van der Waals surface area contributed by atoms with Crippen molar-refractivity contribution in [3.63, 3.8) is 0 Å². The number of nitrogens with zero attached hydrogens (tertiary/aromatic N) is 5. The fourth-order valence-corrected chi connectivity index (χ4v) is 8.30. The normalized spacial score (nSPS) is 16.0. The van der Waals surface area contributed by atoms with Crippen LogP contribution < -0.4 is 31.1 Å². The van der Waals surface area contributed by atoms with Crippen LogP contribution in [0.5, 0.6) is 0 Å². The molecule has 5 heterocycles. The molecule has 4 saturated heterocycles. The van der Waals surface area contributed by atoms with Crippen molar-refractivity contribution >= 4 is 46.3 Å². The number of cyclic esters (lactones) is 2. The molecular formula is C63H98N8O6Y2-2. The van der Waals surface area contributed by atoms with Crippen molar-refractivity contribution < 1.29 is 95.8 Å². The molecular weight excluding hydrogens is 1140 g/mol. The number of aliphatic hydroxyl groups excluding tert-OH is 1. The Labute approximate surface area is 529 Å². The third-order valence-electron chi connectivity index (χ3n) is 12.0. The molecule has 2 atom stereocenters. The Kier molecular flexibility index (Phi) is 49.2. The molecule has 5 aliphatic heterocycles. The molecule has 0 aromatic heterocycles. The van der Waals surface area contributed by atoms with Gasteiger partial charge in [0.25, 0.3) is 0 Å². The van der Waals surface area contributed by atoms with Crippen LogP contribution in [0.1, 0.15) is 63.2 Å². The van der Waals surface area contributed by atoms with Crippen molar-refractivity contribution in [1.82, 2.24) is 15.1 Å². The van der Waals surface area contributed by atoms with E-state index in [0.717, 1.165) is 89.9 Å². The molecule has 2 unspecified atom stereocenters. The summed E-state index contributed by atoms with van der Waals surface area (Å²) in [4.78, 5) is 45.1. The largest absolute Gasteiger partial charge is 0.464 e. The second kappa shape index (κ2) is 49.3. The first-order chi connectivity index (χ1) is 36.3. The van der Waals surface area contributed by atoms with E-state index in [1.165, 1.54) is 23.1 Å². The molecule has 5 aliphatic rings. The molecule has 2 radical (unpaired) electrons. The van der Waals surface area contributed by atoms with Gasteiger partial charge in [-0.25, -0.2) is 4.79 Å². The Balaban J connectivity index is -0.000000464. The number of amides is 1. The molecule has 0 saturated carbocycles. The minimum absolute atomic E-state index is 0. The second-order valence-corrected chi connectivity index (χ2v) is 16.7. The van der Waals surface area contributed by atoms with Crippen LogP contribution in [0, 0.1) is 14.9 Å². The quantitative estimate of drug-likeness (QED) is 0.0629. The Morgan fingerprint density at radius 3 is 1.37 bits per heavy atom. The zero-order valence-corrected chi connectivity index (χ0v) is 53.9. The van der Waals surface area contributed by atoms with Gasteiger partial charge in [-0.2, -0.15) is 0 Å². The van der Waals surface area contributed by atoms with Gasteiger partial charge in [-0.1, -0.05) is 140 Å². The number of hydrogen-bond acceptors (Lipinski definition) is 13. The average molecular weight is 1240 g/mol. The molecule has 14 nitrogen and oxygen atoms in total. The number of nitrogen functional groups attached to an aromatic ring is 1. The topological polar surface area (TPSA) is 156 Å². The third-order valence-corrected chi connectivity index (χ3v) is 12.0. The summed E-state index contributed by atoms with van der Waals surface area (Å²) in [5.41, 5.74) is 10.8. The minimum Gasteiger partial charge on any atom is -0.464 e. The molecule has 0 bridgehead atoms. The molecule has 4 fully saturated rings. The van der Waals surface area contributed by atoms with E-state index in [-0.39, 0.29) is 120 Å². The van der Waals surface area contributed by atoms with Crippen molar-refractivity contribution in [1.29, 1.82) is 0 Å². The maximum Gasteiger partial charge on any atom is 0.330 e. The monoisotopic (exact) mass is 1240 g/mol. The van der Waals surface area contributed by atoms with Crippen molar-refractivity contribution in [3.05, 3.63) is 179 Å². The smallest absolute Gasteiger partial charge is 0.330 e. The third kappa shape index (κ3) is 31.3. The standard InChI is InChI=1S/C20H25N3O2.C14H18N2O2.C10H14N2.C6H7N.C4H4O2.3C2H6.CH4.2CH3.2Y.H2/c24-16-19(15-20(25)21-17-7-3-1-4-8-17)23-13-11-22(12-14-23)18-9-5-2-6-10-18;17-14-10-13(11-18-14)16-8-6-15(7-9-16)12-4-2-1-3-5-12;1-2-4-10(5-3-1)12-8-6-11-7-9-12;7-6-4-2-1-3-5-6;5-4-2-1-3-6-4;3*1-2;;;;;;/h1-10,19,24H,11-16H2,(H,21,25);1-5,13H,6-11H2;1-5,11H,6-9H2;1-5H,7H2;1-2H,3H2;3*1-2H3;1H4;2*1H3;;;1H/q;;;;;;;;;2*-1;;;/i;;;;;;;;;;;;;1+1. The van der Waals surface area contributed by atoms with E-state index in [1.807, 2.05) is 126 Å². The van der Waals surface area contributed by atoms with Gasteiger partial charge < -0.3 is 60.5 Å². The number of carbonyl (C=O) groups is 3. The van der Waals surface area contributed by atoms with Crippen molar-refractivity contribution in [2.45, 2.75) is 73.9 Å². The summed E-state index contributed by atoms with van der Waals surface area (Å²) in [5, 5.41) is 16.0. The number of carbonyl (C=O) groups excluding carboxylic acids is 3. The van der Waals surface area contributed by atoms with Gasteiger partial charge in [0.15, 0.2) is 0 Å². The fraction of sp³-hybridized carbons (Fsp3) is 0.413. The van der Waals surface area contributed by atoms with Gasteiger partial charge in [0.1, 0.15) is 13.2 Å². The van der Waals surface area contributed by atoms with Gasteiger partial charge in [-0.3, -0.25) is 19.4 Å². The first kappa shape index (κ1) is 78.7. The van der Waals surface area contributed by atoms with Gasteiger partial charge in [0.2, 0.25) is 5.91 Å². The minimum atomic E-state index is -0.227. The Morgan fingerprint density at radius 2 is 1.03 bits per heavy atom. The number of rotatable bonds is 9. The Hall–Kier alpha value is -4.50. The van der Waals surface area contributed by atoms with Gasteiger partial charge in [-0.05, 0) is 66.7 Å². The summed E-state index contributed by atoms with van der Waals surface area (Å²) < 4.78 is 9.44. The molecule has 5 aromatic rings. The van der Waals surface area contributed by atoms with E-state index in [2.05, 4.69) is 107 Å². The first-order valence-corrected chi connectivity index (χ1v) is 26.7. The molecule has 0 aliphatic carbocycles. The summed E-state index contributed by atoms with van der Waals surface area (Å²) in [7, 11) is 0. The number of hydrogen-bond donors (Lipinski definition) is 4. The second-order valence-electron chi connectivity index (χ2n) is 16.7. The number of nitrogens with one attached hydrogen (secondary N) is 2. The van der Waals surface area contributed by atoms with Crippen LogP contribution in [0.15, 0.2) is 164 Å². The SMILES string of the molecule is C.CC.CC.CC.Nc1ccccc1.O=C(CC(CO)N1CCN(c2ccccc2)CC1)Nc1ccccc1.O=C1C=CCO1.O=C1CC(N2CCN(c3ccccc3)CC2)CO1.[2HH].[CH3-].[CH3-].[Y].[Y].c1ccc(N2CCNCC2)cc1. The Morgan fingerprint density at radius 1 is 0.620 bits per heavy atom. The summed E-state index contributed by atoms with van der Waals surface area (Å²) in [6.45, 7) is 25.1. The summed E-state index contributed by atoms with van der Waals surface area (Å²) in [5.74, 6) is -0.337. The predicted molar refractivity (Wildman–Crippen MR) is 329 cm³/mol. The van der Waals surface area contributed by atoms with Crippen LogP contribution in [-0.2, 0) is 89.3 Å². The first-order valence-electron chi connectivity index (χ1n) is 26.7. The molecule has 10 rings (SSSR count). The summed E-state index contributed by atoms with van der Waals surface area (Å²) >= 11 is 0. The van der Waals surface area contributed by atoms with E-state index >= 15 is 0 Å². The maximum absolute atomic E-state index is 12.3. The van der Waals surface area contributed by atoms with Gasteiger partial charge in [-0.15, -0.1) is 0 Å². The number of esters is 2. The van der Waals surface area contributed by atoms with E-state index in [4.69, 9.17) is 10.5 Å². The van der Waals surface area contributed by atoms with Crippen LogP contribution in [-0.4, -0.2) is 143 Å². The number of ether oxygens (including phenoxy) is 2. The van der Waals surface area contributed by atoms with Crippen molar-refractivity contribution in [2.75, 3.05) is 124 Å². The zero-order valence-electron chi connectivity index (χ0n) is 48.2. The van der Waals surface area contributed by atoms with Crippen LogP contribution in [0.25, 0.3) is 0 Å². The van der Waals surface area contributed by atoms with Crippen LogP contribution in [0.4, 0.5) is 28.4 Å². The zero-order chi connectivity index (χ0) is 53.6. The maximum atomic E-state index is 12.3. The van der Waals surface area contributed by atoms with E-state index < -0.39 is 0 Å². The van der Waals surface area contributed by atoms with Crippen LogP contribution in [0.2, 0.25) is 0 Å². The summed E-state index contributed by atoms with van der Waals surface area (Å²) in [6, 6.07) is 50.5. The number of aliphatic hydroxyl groups is 1. The van der Waals surface area contributed by atoms with Crippen molar-refractivity contribution in [3.8, 4) is 0 Å². The van der Waals surface area contributed by atoms with E-state index in [0.29, 0.717) is 32.1 Å². The summed E-state index contributed by atoms with van der Waals surface area (Å²) in [6.07, 6.45) is 3.96. The molecule has 5 aromatic carbocycles. The van der Waals surface area contributed by atoms with Gasteiger partial charge in [0, 0.05) is 192 Å². The number of nitrogens with two attached hydrogens (primary N) is 1. The number of para-hydroxylation sites is 5. The molecule has 16 heteroatoms. The van der Waals surface area contributed by atoms with E-state index in [9.17, 15) is 19.5 Å². The number of benzene rings is 5. The predicted octanol–water partition coefficient (Wildman–Crippen LogP) is 10.6. The average Bonchev–Trinajstić information content (AvgIpc) is 4.17. The van der Waals surface area contributed by atoms with Gasteiger partial charge >= 0.3 is 11.9 Å². The van der Waals surface area contributed by atoms with Crippen LogP contribution >= 0.6 is 0 Å². The number of piperazine rings is 3. The number of anilines is 5. The van der Waals surface area contributed by atoms with Gasteiger partial charge in [0.05, 0.1) is 19.1 Å². The molecule has 0 spiro atoms. The molecule has 434 valence electrons. The van der Waals surface area contributed by atoms with Crippen molar-refractivity contribution in [2.24, 2.45) is 0 Å². The van der Waals surface area contributed by atoms with Crippen LogP contribution in [0.3, 0.4) is 0 Å². The van der Waals surface area contributed by atoms with E-state index in [1.54, 1.807) is 6.08 Å². The Bertz CT molecular complexity index is 2230. The molecule has 1 amide bonds. The molecule has 79 heavy (non-hydrogen) atoms.